The first kappa shape index (κ1) is 8.58. The van der Waals surface area contributed by atoms with Crippen LogP contribution in [-0.2, 0) is 7.05 Å². The number of rotatable bonds is 2. The van der Waals surface area contributed by atoms with Crippen molar-refractivity contribution >= 4 is 0 Å². The molecule has 0 aromatic carbocycles. The van der Waals surface area contributed by atoms with Crippen LogP contribution in [0.4, 0.5) is 0 Å². The van der Waals surface area contributed by atoms with Gasteiger partial charge < -0.3 is 4.52 Å². The van der Waals surface area contributed by atoms with E-state index < -0.39 is 0 Å². The Hall–Kier alpha value is -1.72. The van der Waals surface area contributed by atoms with Gasteiger partial charge >= 0.3 is 0 Å². The Balaban J connectivity index is 1.89. The predicted octanol–water partition coefficient (Wildman–Crippen LogP) is 1.13. The third kappa shape index (κ3) is 1.42. The molecule has 0 spiro atoms. The van der Waals surface area contributed by atoms with Crippen LogP contribution in [0.25, 0.3) is 11.5 Å². The quantitative estimate of drug-likeness (QED) is 0.735. The molecule has 1 fully saturated rings. The Labute approximate surface area is 86.3 Å². The zero-order valence-electron chi connectivity index (χ0n) is 8.42. The molecule has 78 valence electrons. The van der Waals surface area contributed by atoms with Gasteiger partial charge in [-0.3, -0.25) is 4.68 Å². The van der Waals surface area contributed by atoms with Crippen LogP contribution < -0.4 is 0 Å². The lowest BCUT2D eigenvalue weighted by Gasteiger charge is -2.20. The summed E-state index contributed by atoms with van der Waals surface area (Å²) in [5.74, 6) is 1.73. The fourth-order valence-electron chi connectivity index (χ4n) is 1.61. The van der Waals surface area contributed by atoms with E-state index >= 15 is 0 Å². The van der Waals surface area contributed by atoms with Crippen LogP contribution in [0, 0.1) is 0 Å². The van der Waals surface area contributed by atoms with Crippen LogP contribution in [0.3, 0.4) is 0 Å². The highest BCUT2D eigenvalue weighted by Crippen LogP contribution is 2.35. The predicted molar refractivity (Wildman–Crippen MR) is 50.9 cm³/mol. The molecule has 2 aromatic rings. The lowest BCUT2D eigenvalue weighted by Crippen LogP contribution is -2.08. The second kappa shape index (κ2) is 3.15. The van der Waals surface area contributed by atoms with E-state index in [-0.39, 0.29) is 0 Å². The molecule has 0 unspecified atom stereocenters. The summed E-state index contributed by atoms with van der Waals surface area (Å²) in [5, 5.41) is 11.7. The van der Waals surface area contributed by atoms with E-state index in [1.54, 1.807) is 10.9 Å². The van der Waals surface area contributed by atoms with Crippen molar-refractivity contribution in [1.82, 2.24) is 25.1 Å². The van der Waals surface area contributed by atoms with Crippen molar-refractivity contribution in [2.24, 2.45) is 7.05 Å². The molecule has 1 aliphatic rings. The number of nitrogens with zero attached hydrogens (tertiary/aromatic N) is 5. The van der Waals surface area contributed by atoms with Crippen molar-refractivity contribution in [1.29, 1.82) is 0 Å². The van der Waals surface area contributed by atoms with Gasteiger partial charge in [-0.25, -0.2) is 0 Å². The lowest BCUT2D eigenvalue weighted by molar-refractivity contribution is 0.292. The minimum Gasteiger partial charge on any atom is -0.339 e. The molecule has 1 saturated carbocycles. The Bertz CT molecular complexity index is 470. The van der Waals surface area contributed by atoms with Gasteiger partial charge in [-0.2, -0.15) is 4.98 Å². The number of hydrogen-bond donors (Lipinski definition) is 0. The van der Waals surface area contributed by atoms with E-state index in [0.29, 0.717) is 17.4 Å². The fourth-order valence-corrected chi connectivity index (χ4v) is 1.61. The monoisotopic (exact) mass is 205 g/mol. The molecule has 0 atom stereocenters. The van der Waals surface area contributed by atoms with Crippen LogP contribution in [-0.4, -0.2) is 25.1 Å². The van der Waals surface area contributed by atoms with E-state index in [2.05, 4.69) is 20.5 Å². The second-order valence-electron chi connectivity index (χ2n) is 3.86. The summed E-state index contributed by atoms with van der Waals surface area (Å²) in [6.45, 7) is 0. The third-order valence-corrected chi connectivity index (χ3v) is 2.73. The molecule has 2 heterocycles. The maximum Gasteiger partial charge on any atom is 0.230 e. The summed E-state index contributed by atoms with van der Waals surface area (Å²) in [4.78, 5) is 4.32. The van der Waals surface area contributed by atoms with Gasteiger partial charge in [0.2, 0.25) is 11.7 Å². The van der Waals surface area contributed by atoms with E-state index in [1.807, 2.05) is 7.05 Å². The zero-order valence-corrected chi connectivity index (χ0v) is 8.42. The maximum absolute atomic E-state index is 5.19. The molecule has 1 aliphatic carbocycles. The first-order valence-electron chi connectivity index (χ1n) is 5.03. The SMILES string of the molecule is Cn1cc(-c2noc(C3CCC3)n2)nn1. The maximum atomic E-state index is 5.19. The summed E-state index contributed by atoms with van der Waals surface area (Å²) < 4.78 is 6.81. The molecule has 0 saturated heterocycles. The van der Waals surface area contributed by atoms with Gasteiger partial charge in [0.05, 0.1) is 6.20 Å². The van der Waals surface area contributed by atoms with E-state index in [4.69, 9.17) is 4.52 Å². The van der Waals surface area contributed by atoms with Gasteiger partial charge in [-0.1, -0.05) is 16.8 Å². The van der Waals surface area contributed by atoms with Crippen molar-refractivity contribution in [2.75, 3.05) is 0 Å². The second-order valence-corrected chi connectivity index (χ2v) is 3.86. The molecule has 2 aromatic heterocycles. The number of hydrogen-bond acceptors (Lipinski definition) is 5. The summed E-state index contributed by atoms with van der Waals surface area (Å²) in [6, 6.07) is 0. The fraction of sp³-hybridized carbons (Fsp3) is 0.556. The van der Waals surface area contributed by atoms with E-state index in [9.17, 15) is 0 Å². The molecular formula is C9H11N5O. The molecular weight excluding hydrogens is 194 g/mol. The molecule has 6 nitrogen and oxygen atoms in total. The van der Waals surface area contributed by atoms with Gasteiger partial charge in [0.1, 0.15) is 0 Å². The lowest BCUT2D eigenvalue weighted by atomic mass is 9.85. The average Bonchev–Trinajstić information content (AvgIpc) is 2.70. The van der Waals surface area contributed by atoms with Gasteiger partial charge in [-0.05, 0) is 12.8 Å². The molecule has 0 bridgehead atoms. The van der Waals surface area contributed by atoms with Gasteiger partial charge in [0.25, 0.3) is 0 Å². The number of aryl methyl sites for hydroxylation is 1. The standard InChI is InChI=1S/C9H11N5O/c1-14-5-7(11-13-14)8-10-9(15-12-8)6-3-2-4-6/h5-6H,2-4H2,1H3. The van der Waals surface area contributed by atoms with E-state index in [0.717, 1.165) is 18.7 Å². The minimum absolute atomic E-state index is 0.461. The molecule has 0 radical (unpaired) electrons. The topological polar surface area (TPSA) is 69.6 Å². The van der Waals surface area contributed by atoms with Crippen LogP contribution in [0.15, 0.2) is 10.7 Å². The van der Waals surface area contributed by atoms with Gasteiger partial charge in [0, 0.05) is 13.0 Å². The molecule has 0 amide bonds. The first-order valence-corrected chi connectivity index (χ1v) is 5.03. The van der Waals surface area contributed by atoms with Crippen molar-refractivity contribution in [3.63, 3.8) is 0 Å². The number of aromatic nitrogens is 5. The van der Waals surface area contributed by atoms with Crippen LogP contribution in [0.5, 0.6) is 0 Å². The Kier molecular flexibility index (Phi) is 1.80. The minimum atomic E-state index is 0.461. The van der Waals surface area contributed by atoms with Crippen LogP contribution in [0.1, 0.15) is 31.1 Å². The third-order valence-electron chi connectivity index (χ3n) is 2.73. The van der Waals surface area contributed by atoms with Gasteiger partial charge in [0.15, 0.2) is 5.69 Å². The molecule has 0 aliphatic heterocycles. The highest BCUT2D eigenvalue weighted by molar-refractivity contribution is 5.45. The molecule has 15 heavy (non-hydrogen) atoms. The zero-order chi connectivity index (χ0) is 10.3. The van der Waals surface area contributed by atoms with Gasteiger partial charge in [-0.15, -0.1) is 5.10 Å². The first-order chi connectivity index (χ1) is 7.33. The summed E-state index contributed by atoms with van der Waals surface area (Å²) in [7, 11) is 1.81. The smallest absolute Gasteiger partial charge is 0.230 e. The van der Waals surface area contributed by atoms with Crippen molar-refractivity contribution in [3.05, 3.63) is 12.1 Å². The van der Waals surface area contributed by atoms with E-state index in [1.165, 1.54) is 6.42 Å². The van der Waals surface area contributed by atoms with Crippen molar-refractivity contribution < 1.29 is 4.52 Å². The Morgan fingerprint density at radius 2 is 2.33 bits per heavy atom. The largest absolute Gasteiger partial charge is 0.339 e. The van der Waals surface area contributed by atoms with Crippen LogP contribution in [0.2, 0.25) is 0 Å². The van der Waals surface area contributed by atoms with Crippen molar-refractivity contribution in [3.8, 4) is 11.5 Å². The Morgan fingerprint density at radius 1 is 1.47 bits per heavy atom. The normalized spacial score (nSPS) is 16.6. The molecule has 3 rings (SSSR count). The molecule has 0 N–H and O–H groups in total. The van der Waals surface area contributed by atoms with Crippen LogP contribution >= 0.6 is 0 Å². The van der Waals surface area contributed by atoms with Crippen molar-refractivity contribution in [2.45, 2.75) is 25.2 Å². The summed E-state index contributed by atoms with van der Waals surface area (Å²) in [6.07, 6.45) is 5.34. The summed E-state index contributed by atoms with van der Waals surface area (Å²) in [5.41, 5.74) is 0.659. The highest BCUT2D eigenvalue weighted by Gasteiger charge is 2.26. The summed E-state index contributed by atoms with van der Waals surface area (Å²) >= 11 is 0. The Morgan fingerprint density at radius 3 is 2.93 bits per heavy atom. The average molecular weight is 205 g/mol. The highest BCUT2D eigenvalue weighted by atomic mass is 16.5. The molecule has 6 heteroatoms.